The summed E-state index contributed by atoms with van der Waals surface area (Å²) >= 11 is 1.54. The fourth-order valence-corrected chi connectivity index (χ4v) is 5.97. The van der Waals surface area contributed by atoms with Crippen LogP contribution in [-0.2, 0) is 0 Å². The predicted octanol–water partition coefficient (Wildman–Crippen LogP) is 5.22. The summed E-state index contributed by atoms with van der Waals surface area (Å²) in [4.78, 5) is 29.7. The summed E-state index contributed by atoms with van der Waals surface area (Å²) in [5.41, 5.74) is 3.21. The van der Waals surface area contributed by atoms with Gasteiger partial charge in [-0.25, -0.2) is 18.7 Å². The van der Waals surface area contributed by atoms with Crippen molar-refractivity contribution in [3.8, 4) is 10.4 Å². The monoisotopic (exact) mass is 491 g/mol. The summed E-state index contributed by atoms with van der Waals surface area (Å²) in [6, 6.07) is 10.2. The van der Waals surface area contributed by atoms with Gasteiger partial charge in [0.1, 0.15) is 11.5 Å². The lowest BCUT2D eigenvalue weighted by atomic mass is 10.1. The van der Waals surface area contributed by atoms with E-state index in [0.29, 0.717) is 36.4 Å². The van der Waals surface area contributed by atoms with Crippen molar-refractivity contribution in [1.82, 2.24) is 19.9 Å². The molecule has 1 aliphatic heterocycles. The second-order valence-corrected chi connectivity index (χ2v) is 10.6. The van der Waals surface area contributed by atoms with Crippen molar-refractivity contribution >= 4 is 34.1 Å². The molecule has 0 radical (unpaired) electrons. The van der Waals surface area contributed by atoms with Gasteiger partial charge in [0.2, 0.25) is 0 Å². The number of likely N-dealkylation sites (tertiary alicyclic amines) is 1. The van der Waals surface area contributed by atoms with Crippen molar-refractivity contribution < 1.29 is 13.6 Å². The SMILES string of the molecule is Cc1cccc(-c2sc(C)nc2C(=O)N2CC3CC3C2CNc2cnc3cc(F)c(F)cc3n2)c1. The minimum absolute atomic E-state index is 0.00214. The number of anilines is 1. The third-order valence-corrected chi connectivity index (χ3v) is 7.88. The number of hydrogen-bond acceptors (Lipinski definition) is 6. The van der Waals surface area contributed by atoms with Crippen LogP contribution in [0.3, 0.4) is 0 Å². The number of halogens is 2. The Morgan fingerprint density at radius 3 is 2.74 bits per heavy atom. The Kier molecular flexibility index (Phi) is 5.25. The molecule has 3 unspecified atom stereocenters. The Hall–Kier alpha value is -3.46. The fourth-order valence-electron chi connectivity index (χ4n) is 5.06. The molecule has 1 saturated heterocycles. The first-order valence-corrected chi connectivity index (χ1v) is 12.4. The smallest absolute Gasteiger partial charge is 0.274 e. The highest BCUT2D eigenvalue weighted by atomic mass is 32.1. The van der Waals surface area contributed by atoms with Crippen molar-refractivity contribution in [1.29, 1.82) is 0 Å². The average Bonchev–Trinajstić information content (AvgIpc) is 3.34. The van der Waals surface area contributed by atoms with Crippen molar-refractivity contribution in [2.45, 2.75) is 26.3 Å². The number of hydrogen-bond donors (Lipinski definition) is 1. The van der Waals surface area contributed by atoms with Crippen LogP contribution in [-0.4, -0.2) is 44.9 Å². The van der Waals surface area contributed by atoms with Crippen LogP contribution in [0.1, 0.15) is 27.5 Å². The molecule has 35 heavy (non-hydrogen) atoms. The molecule has 2 aliphatic rings. The molecule has 1 N–H and O–H groups in total. The number of rotatable bonds is 5. The molecule has 6 nitrogen and oxygen atoms in total. The van der Waals surface area contributed by atoms with E-state index >= 15 is 0 Å². The minimum atomic E-state index is -0.958. The van der Waals surface area contributed by atoms with Crippen LogP contribution in [0.2, 0.25) is 0 Å². The topological polar surface area (TPSA) is 71.0 Å². The number of aryl methyl sites for hydroxylation is 2. The Balaban J connectivity index is 1.24. The van der Waals surface area contributed by atoms with Crippen LogP contribution in [0.4, 0.5) is 14.6 Å². The number of fused-ring (bicyclic) bond motifs is 2. The lowest BCUT2D eigenvalue weighted by molar-refractivity contribution is 0.0711. The molecule has 1 saturated carbocycles. The molecule has 1 amide bonds. The summed E-state index contributed by atoms with van der Waals surface area (Å²) in [6.45, 7) is 5.18. The molecule has 9 heteroatoms. The highest BCUT2D eigenvalue weighted by Crippen LogP contribution is 2.50. The van der Waals surface area contributed by atoms with Crippen LogP contribution in [0.15, 0.2) is 42.6 Å². The Labute approximate surface area is 205 Å². The molecule has 2 fully saturated rings. The van der Waals surface area contributed by atoms with Crippen LogP contribution in [0.25, 0.3) is 21.5 Å². The van der Waals surface area contributed by atoms with Gasteiger partial charge in [-0.15, -0.1) is 11.3 Å². The maximum Gasteiger partial charge on any atom is 0.274 e. The number of benzene rings is 2. The number of thiazole rings is 1. The van der Waals surface area contributed by atoms with Gasteiger partial charge in [-0.05, 0) is 37.7 Å². The first-order valence-electron chi connectivity index (χ1n) is 11.6. The van der Waals surface area contributed by atoms with Crippen LogP contribution in [0, 0.1) is 37.3 Å². The van der Waals surface area contributed by atoms with Gasteiger partial charge in [-0.2, -0.15) is 0 Å². The molecule has 6 rings (SSSR count). The van der Waals surface area contributed by atoms with E-state index in [2.05, 4.69) is 26.3 Å². The van der Waals surface area contributed by atoms with Gasteiger partial charge in [0.25, 0.3) is 5.91 Å². The van der Waals surface area contributed by atoms with Gasteiger partial charge in [-0.3, -0.25) is 9.78 Å². The number of carbonyl (C=O) groups is 1. The summed E-state index contributed by atoms with van der Waals surface area (Å²) in [6.07, 6.45) is 2.61. The van der Waals surface area contributed by atoms with E-state index in [1.807, 2.05) is 36.9 Å². The number of nitrogens with zero attached hydrogens (tertiary/aromatic N) is 4. The summed E-state index contributed by atoms with van der Waals surface area (Å²) < 4.78 is 27.1. The largest absolute Gasteiger partial charge is 0.367 e. The molecule has 178 valence electrons. The van der Waals surface area contributed by atoms with Crippen molar-refractivity contribution in [3.05, 3.63) is 70.5 Å². The fraction of sp³-hybridized carbons (Fsp3) is 0.308. The Morgan fingerprint density at radius 1 is 1.14 bits per heavy atom. The third kappa shape index (κ3) is 4.03. The van der Waals surface area contributed by atoms with Gasteiger partial charge in [0.15, 0.2) is 11.6 Å². The van der Waals surface area contributed by atoms with Crippen LogP contribution < -0.4 is 5.32 Å². The van der Waals surface area contributed by atoms with Gasteiger partial charge in [0, 0.05) is 25.2 Å². The number of amides is 1. The molecule has 3 heterocycles. The second-order valence-electron chi connectivity index (χ2n) is 9.36. The van der Waals surface area contributed by atoms with Gasteiger partial charge in [0.05, 0.1) is 33.2 Å². The number of nitrogens with one attached hydrogen (secondary N) is 1. The van der Waals surface area contributed by atoms with Gasteiger partial charge in [-0.1, -0.05) is 29.8 Å². The number of piperidine rings is 1. The van der Waals surface area contributed by atoms with E-state index in [1.165, 1.54) is 6.20 Å². The molecule has 2 aromatic carbocycles. The Bertz CT molecular complexity index is 1470. The quantitative estimate of drug-likeness (QED) is 0.414. The summed E-state index contributed by atoms with van der Waals surface area (Å²) in [7, 11) is 0. The summed E-state index contributed by atoms with van der Waals surface area (Å²) in [5.74, 6) is -0.548. The molecule has 2 aromatic heterocycles. The van der Waals surface area contributed by atoms with E-state index in [9.17, 15) is 13.6 Å². The highest BCUT2D eigenvalue weighted by molar-refractivity contribution is 7.15. The molecular formula is C26H23F2N5OS. The highest BCUT2D eigenvalue weighted by Gasteiger charge is 2.54. The first kappa shape index (κ1) is 22.0. The van der Waals surface area contributed by atoms with E-state index in [-0.39, 0.29) is 23.0 Å². The zero-order valence-corrected chi connectivity index (χ0v) is 20.1. The lowest BCUT2D eigenvalue weighted by Gasteiger charge is -2.27. The zero-order valence-electron chi connectivity index (χ0n) is 19.3. The molecule has 3 atom stereocenters. The zero-order chi connectivity index (χ0) is 24.3. The maximum atomic E-state index is 13.7. The summed E-state index contributed by atoms with van der Waals surface area (Å²) in [5, 5.41) is 4.12. The molecule has 4 aromatic rings. The van der Waals surface area contributed by atoms with E-state index in [0.717, 1.165) is 39.6 Å². The first-order chi connectivity index (χ1) is 16.9. The third-order valence-electron chi connectivity index (χ3n) is 6.86. The van der Waals surface area contributed by atoms with Gasteiger partial charge < -0.3 is 10.2 Å². The molecule has 1 aliphatic carbocycles. The average molecular weight is 492 g/mol. The van der Waals surface area contributed by atoms with Crippen molar-refractivity contribution in [3.63, 3.8) is 0 Å². The lowest BCUT2D eigenvalue weighted by Crippen LogP contribution is -2.42. The van der Waals surface area contributed by atoms with Crippen LogP contribution >= 0.6 is 11.3 Å². The standard InChI is InChI=1S/C26H23F2N5OS/c1-13-4-3-5-15(6-13)25-24(31-14(2)35-25)26(34)33-12-16-7-17(16)22(33)10-30-23-11-29-20-8-18(27)19(28)9-21(20)32-23/h3-6,8-9,11,16-17,22H,7,10,12H2,1-2H3,(H,30,32). The van der Waals surface area contributed by atoms with E-state index in [1.54, 1.807) is 11.3 Å². The van der Waals surface area contributed by atoms with Crippen molar-refractivity contribution in [2.75, 3.05) is 18.4 Å². The maximum absolute atomic E-state index is 13.7. The number of carbonyl (C=O) groups excluding carboxylic acids is 1. The van der Waals surface area contributed by atoms with Crippen LogP contribution in [0.5, 0.6) is 0 Å². The Morgan fingerprint density at radius 2 is 1.94 bits per heavy atom. The molecular weight excluding hydrogens is 468 g/mol. The van der Waals surface area contributed by atoms with E-state index < -0.39 is 11.6 Å². The number of aromatic nitrogens is 3. The molecule has 0 bridgehead atoms. The van der Waals surface area contributed by atoms with Gasteiger partial charge >= 0.3 is 0 Å². The minimum Gasteiger partial charge on any atom is -0.367 e. The van der Waals surface area contributed by atoms with E-state index in [4.69, 9.17) is 0 Å². The molecule has 0 spiro atoms. The predicted molar refractivity (Wildman–Crippen MR) is 131 cm³/mol. The van der Waals surface area contributed by atoms with Crippen molar-refractivity contribution in [2.24, 2.45) is 11.8 Å². The normalized spacial score (nSPS) is 20.8. The second kappa shape index (κ2) is 8.34.